The maximum atomic E-state index is 13.2. The van der Waals surface area contributed by atoms with Crippen molar-refractivity contribution in [2.24, 2.45) is 5.92 Å². The third-order valence-corrected chi connectivity index (χ3v) is 4.07. The number of nitrogens with one attached hydrogen (secondary N) is 1. The summed E-state index contributed by atoms with van der Waals surface area (Å²) in [7, 11) is 0. The molecule has 1 amide bonds. The predicted octanol–water partition coefficient (Wildman–Crippen LogP) is 2.73. The van der Waals surface area contributed by atoms with Crippen LogP contribution in [0.1, 0.15) is 39.8 Å². The maximum absolute atomic E-state index is 13.2. The molecule has 2 N–H and O–H groups in total. The molecule has 25 heavy (non-hydrogen) atoms. The van der Waals surface area contributed by atoms with Gasteiger partial charge in [-0.3, -0.25) is 4.79 Å². The molecule has 1 fully saturated rings. The molecule has 1 aromatic heterocycles. The van der Waals surface area contributed by atoms with E-state index in [-0.39, 0.29) is 17.6 Å². The Labute approximate surface area is 140 Å². The molecule has 9 heteroatoms. The van der Waals surface area contributed by atoms with Crippen molar-refractivity contribution < 1.29 is 27.9 Å². The van der Waals surface area contributed by atoms with Crippen LogP contribution in [-0.2, 0) is 6.18 Å². The smallest absolute Gasteiger partial charge is 0.434 e. The van der Waals surface area contributed by atoms with Crippen molar-refractivity contribution in [3.63, 3.8) is 0 Å². The molecule has 0 radical (unpaired) electrons. The van der Waals surface area contributed by atoms with Crippen LogP contribution in [0, 0.1) is 5.92 Å². The first kappa shape index (κ1) is 17.0. The van der Waals surface area contributed by atoms with E-state index in [9.17, 15) is 22.8 Å². The van der Waals surface area contributed by atoms with Crippen LogP contribution in [0.2, 0.25) is 0 Å². The molecule has 0 bridgehead atoms. The molecule has 3 rings (SSSR count). The number of amides is 1. The number of carboxylic acid groups (broad SMARTS) is 1. The SMILES string of the molecule is CC1CC1NC(=O)c1ccc(-n2ncc(C(=O)O)c2C(F)(F)F)cc1. The zero-order valence-electron chi connectivity index (χ0n) is 13.0. The highest BCUT2D eigenvalue weighted by Gasteiger charge is 2.40. The van der Waals surface area contributed by atoms with Gasteiger partial charge in [-0.05, 0) is 36.6 Å². The minimum atomic E-state index is -4.89. The van der Waals surface area contributed by atoms with Crippen LogP contribution in [0.4, 0.5) is 13.2 Å². The second kappa shape index (κ2) is 5.91. The summed E-state index contributed by atoms with van der Waals surface area (Å²) in [6, 6.07) is 5.46. The first-order valence-corrected chi connectivity index (χ1v) is 7.48. The van der Waals surface area contributed by atoms with Gasteiger partial charge >= 0.3 is 12.1 Å². The molecule has 132 valence electrons. The van der Waals surface area contributed by atoms with Crippen LogP contribution in [0.25, 0.3) is 5.69 Å². The van der Waals surface area contributed by atoms with Crippen LogP contribution >= 0.6 is 0 Å². The molecule has 1 heterocycles. The van der Waals surface area contributed by atoms with Crippen molar-refractivity contribution in [2.45, 2.75) is 25.6 Å². The summed E-state index contributed by atoms with van der Waals surface area (Å²) in [5.74, 6) is -1.59. The Hall–Kier alpha value is -2.84. The van der Waals surface area contributed by atoms with E-state index in [1.54, 1.807) is 0 Å². The number of aromatic nitrogens is 2. The second-order valence-corrected chi connectivity index (χ2v) is 5.96. The number of carbonyl (C=O) groups excluding carboxylic acids is 1. The average molecular weight is 353 g/mol. The first-order chi connectivity index (χ1) is 11.7. The van der Waals surface area contributed by atoms with Gasteiger partial charge in [0.15, 0.2) is 5.69 Å². The summed E-state index contributed by atoms with van der Waals surface area (Å²) in [4.78, 5) is 23.0. The molecular weight excluding hydrogens is 339 g/mol. The van der Waals surface area contributed by atoms with Gasteiger partial charge in [-0.2, -0.15) is 18.3 Å². The minimum absolute atomic E-state index is 0.0103. The molecule has 0 saturated heterocycles. The summed E-state index contributed by atoms with van der Waals surface area (Å²) in [5, 5.41) is 15.3. The van der Waals surface area contributed by atoms with E-state index >= 15 is 0 Å². The van der Waals surface area contributed by atoms with Gasteiger partial charge < -0.3 is 10.4 Å². The van der Waals surface area contributed by atoms with Gasteiger partial charge in [0.05, 0.1) is 11.9 Å². The van der Waals surface area contributed by atoms with Crippen molar-refractivity contribution in [1.29, 1.82) is 0 Å². The van der Waals surface area contributed by atoms with Crippen LogP contribution in [0.15, 0.2) is 30.5 Å². The topological polar surface area (TPSA) is 84.2 Å². The molecule has 2 atom stereocenters. The molecule has 1 aromatic carbocycles. The molecule has 1 aliphatic rings. The zero-order chi connectivity index (χ0) is 18.4. The maximum Gasteiger partial charge on any atom is 0.434 e. The molecule has 6 nitrogen and oxygen atoms in total. The molecule has 1 aliphatic carbocycles. The summed E-state index contributed by atoms with van der Waals surface area (Å²) in [6.07, 6.45) is -3.33. The van der Waals surface area contributed by atoms with Gasteiger partial charge in [0.25, 0.3) is 5.91 Å². The number of hydrogen-bond acceptors (Lipinski definition) is 3. The number of carboxylic acids is 1. The van der Waals surface area contributed by atoms with Crippen molar-refractivity contribution in [3.8, 4) is 5.69 Å². The van der Waals surface area contributed by atoms with E-state index in [2.05, 4.69) is 10.4 Å². The summed E-state index contributed by atoms with van der Waals surface area (Å²) >= 11 is 0. The Balaban J connectivity index is 1.90. The Morgan fingerprint density at radius 3 is 2.36 bits per heavy atom. The Morgan fingerprint density at radius 1 is 1.28 bits per heavy atom. The Kier molecular flexibility index (Phi) is 4.02. The van der Waals surface area contributed by atoms with E-state index in [0.29, 0.717) is 22.4 Å². The highest BCUT2D eigenvalue weighted by atomic mass is 19.4. The summed E-state index contributed by atoms with van der Waals surface area (Å²) in [6.45, 7) is 2.00. The number of nitrogens with zero attached hydrogens (tertiary/aromatic N) is 2. The van der Waals surface area contributed by atoms with E-state index in [4.69, 9.17) is 5.11 Å². The number of rotatable bonds is 4. The number of halogens is 3. The Morgan fingerprint density at radius 2 is 1.88 bits per heavy atom. The fourth-order valence-corrected chi connectivity index (χ4v) is 2.50. The van der Waals surface area contributed by atoms with Gasteiger partial charge in [-0.25, -0.2) is 9.48 Å². The van der Waals surface area contributed by atoms with Crippen LogP contribution in [-0.4, -0.2) is 32.8 Å². The number of benzene rings is 1. The van der Waals surface area contributed by atoms with Crippen molar-refractivity contribution >= 4 is 11.9 Å². The van der Waals surface area contributed by atoms with Gasteiger partial charge in [0.2, 0.25) is 0 Å². The molecule has 1 saturated carbocycles. The van der Waals surface area contributed by atoms with Crippen LogP contribution in [0.3, 0.4) is 0 Å². The monoisotopic (exact) mass is 353 g/mol. The lowest BCUT2D eigenvalue weighted by Crippen LogP contribution is -2.26. The second-order valence-electron chi connectivity index (χ2n) is 5.96. The normalized spacial score (nSPS) is 19.5. The van der Waals surface area contributed by atoms with Crippen LogP contribution < -0.4 is 5.32 Å². The van der Waals surface area contributed by atoms with Crippen LogP contribution in [0.5, 0.6) is 0 Å². The molecular formula is C16H14F3N3O3. The molecule has 2 unspecified atom stereocenters. The largest absolute Gasteiger partial charge is 0.478 e. The van der Waals surface area contributed by atoms with Crippen molar-refractivity contribution in [3.05, 3.63) is 47.3 Å². The first-order valence-electron chi connectivity index (χ1n) is 7.48. The standard InChI is InChI=1S/C16H14F3N3O3/c1-8-6-12(8)21-14(23)9-2-4-10(5-3-9)22-13(16(17,18)19)11(7-20-22)15(24)25/h2-5,7-8,12H,6H2,1H3,(H,21,23)(H,24,25). The lowest BCUT2D eigenvalue weighted by atomic mass is 10.2. The van der Waals surface area contributed by atoms with Crippen molar-refractivity contribution in [2.75, 3.05) is 0 Å². The van der Waals surface area contributed by atoms with Crippen molar-refractivity contribution in [1.82, 2.24) is 15.1 Å². The number of carbonyl (C=O) groups is 2. The fourth-order valence-electron chi connectivity index (χ4n) is 2.50. The van der Waals surface area contributed by atoms with Gasteiger partial charge in [0.1, 0.15) is 5.56 Å². The molecule has 0 spiro atoms. The zero-order valence-corrected chi connectivity index (χ0v) is 13.0. The van der Waals surface area contributed by atoms with Gasteiger partial charge in [-0.15, -0.1) is 0 Å². The third kappa shape index (κ3) is 3.35. The highest BCUT2D eigenvalue weighted by Crippen LogP contribution is 2.34. The fraction of sp³-hybridized carbons (Fsp3) is 0.312. The van der Waals surface area contributed by atoms with E-state index < -0.39 is 23.4 Å². The minimum Gasteiger partial charge on any atom is -0.478 e. The predicted molar refractivity (Wildman–Crippen MR) is 80.6 cm³/mol. The quantitative estimate of drug-likeness (QED) is 0.885. The third-order valence-electron chi connectivity index (χ3n) is 4.07. The lowest BCUT2D eigenvalue weighted by molar-refractivity contribution is -0.143. The summed E-state index contributed by atoms with van der Waals surface area (Å²) < 4.78 is 40.1. The lowest BCUT2D eigenvalue weighted by Gasteiger charge is -2.12. The summed E-state index contributed by atoms with van der Waals surface area (Å²) in [5.41, 5.74) is -1.99. The van der Waals surface area contributed by atoms with E-state index in [1.165, 1.54) is 24.3 Å². The van der Waals surface area contributed by atoms with Gasteiger partial charge in [-0.1, -0.05) is 6.92 Å². The number of aromatic carboxylic acids is 1. The van der Waals surface area contributed by atoms with Gasteiger partial charge in [0, 0.05) is 11.6 Å². The number of hydrogen-bond donors (Lipinski definition) is 2. The molecule has 0 aliphatic heterocycles. The highest BCUT2D eigenvalue weighted by molar-refractivity contribution is 5.94. The Bertz CT molecular complexity index is 827. The average Bonchev–Trinajstić information content (AvgIpc) is 3.04. The van der Waals surface area contributed by atoms with E-state index in [1.807, 2.05) is 6.92 Å². The van der Waals surface area contributed by atoms with E-state index in [0.717, 1.165) is 6.42 Å². The molecule has 2 aromatic rings. The number of alkyl halides is 3.